The molecule has 0 amide bonds. The van der Waals surface area contributed by atoms with E-state index in [4.69, 9.17) is 14.4 Å². The molecule has 0 unspecified atom stereocenters. The van der Waals surface area contributed by atoms with Crippen molar-refractivity contribution in [1.29, 1.82) is 0 Å². The molecule has 4 aromatic heterocycles. The molecule has 231 valence electrons. The minimum Gasteiger partial charge on any atom is -0.486 e. The maximum atomic E-state index is 6.34. The Balaban J connectivity index is 0.000000241. The van der Waals surface area contributed by atoms with E-state index < -0.39 is 0 Å². The molecule has 0 N–H and O–H groups in total. The number of nitrogens with zero attached hydrogens (tertiary/aromatic N) is 3. The second kappa shape index (κ2) is 14.3. The number of fused-ring (bicyclic) bond motifs is 3. The molecule has 5 heteroatoms. The number of rotatable bonds is 4. The monoisotopic (exact) mass is 778 g/mol. The summed E-state index contributed by atoms with van der Waals surface area (Å²) in [6.45, 7) is 4.26. The molecule has 8 rings (SSSR count). The van der Waals surface area contributed by atoms with E-state index in [0.717, 1.165) is 44.6 Å². The van der Waals surface area contributed by atoms with Crippen LogP contribution in [0.4, 0.5) is 0 Å². The predicted octanol–water partition coefficient (Wildman–Crippen LogP) is 10.7. The molecular formula is C41H35IrN3O-2. The predicted molar refractivity (Wildman–Crippen MR) is 183 cm³/mol. The Hall–Kier alpha value is -4.44. The molecule has 0 atom stereocenters. The average Bonchev–Trinajstić information content (AvgIpc) is 3.48. The second-order valence-corrected chi connectivity index (χ2v) is 11.8. The van der Waals surface area contributed by atoms with Crippen LogP contribution in [-0.4, -0.2) is 15.0 Å². The molecule has 7 aromatic rings. The van der Waals surface area contributed by atoms with Gasteiger partial charge in [0.1, 0.15) is 0 Å². The molecule has 1 saturated carbocycles. The van der Waals surface area contributed by atoms with Gasteiger partial charge in [0.2, 0.25) is 5.71 Å². The summed E-state index contributed by atoms with van der Waals surface area (Å²) in [7, 11) is 0. The summed E-state index contributed by atoms with van der Waals surface area (Å²) < 4.78 is 6.34. The number of furan rings is 1. The molecule has 1 aliphatic rings. The Labute approximate surface area is 284 Å². The van der Waals surface area contributed by atoms with Crippen molar-refractivity contribution in [3.05, 3.63) is 138 Å². The number of hydrogen-bond acceptors (Lipinski definition) is 4. The van der Waals surface area contributed by atoms with Gasteiger partial charge in [-0.2, -0.15) is 0 Å². The second-order valence-electron chi connectivity index (χ2n) is 11.8. The van der Waals surface area contributed by atoms with Crippen LogP contribution >= 0.6 is 0 Å². The Morgan fingerprint density at radius 2 is 1.48 bits per heavy atom. The van der Waals surface area contributed by atoms with Crippen molar-refractivity contribution in [3.8, 4) is 33.8 Å². The summed E-state index contributed by atoms with van der Waals surface area (Å²) in [5, 5.41) is 2.08. The topological polar surface area (TPSA) is 51.8 Å². The zero-order valence-electron chi connectivity index (χ0n) is 26.1. The summed E-state index contributed by atoms with van der Waals surface area (Å²) in [5.41, 5.74) is 11.2. The molecule has 4 nitrogen and oxygen atoms in total. The van der Waals surface area contributed by atoms with Crippen LogP contribution < -0.4 is 0 Å². The third-order valence-corrected chi connectivity index (χ3v) is 8.80. The van der Waals surface area contributed by atoms with Gasteiger partial charge in [-0.3, -0.25) is 0 Å². The first-order chi connectivity index (χ1) is 22.2. The van der Waals surface area contributed by atoms with Crippen molar-refractivity contribution in [3.63, 3.8) is 0 Å². The summed E-state index contributed by atoms with van der Waals surface area (Å²) in [5.74, 6) is 0.652. The van der Waals surface area contributed by atoms with Crippen LogP contribution in [-0.2, 0) is 20.1 Å². The van der Waals surface area contributed by atoms with Gasteiger partial charge in [0, 0.05) is 43.4 Å². The van der Waals surface area contributed by atoms with Crippen LogP contribution in [0.2, 0.25) is 0 Å². The summed E-state index contributed by atoms with van der Waals surface area (Å²) >= 11 is 0. The van der Waals surface area contributed by atoms with Gasteiger partial charge in [0.05, 0.1) is 11.3 Å². The van der Waals surface area contributed by atoms with E-state index in [9.17, 15) is 0 Å². The fourth-order valence-corrected chi connectivity index (χ4v) is 6.48. The number of pyridine rings is 3. The molecular weight excluding hydrogens is 743 g/mol. The van der Waals surface area contributed by atoms with Gasteiger partial charge in [-0.25, -0.2) is 4.98 Å². The van der Waals surface area contributed by atoms with Gasteiger partial charge >= 0.3 is 0 Å². The molecule has 0 bridgehead atoms. The van der Waals surface area contributed by atoms with Gasteiger partial charge < -0.3 is 14.4 Å². The zero-order valence-corrected chi connectivity index (χ0v) is 28.5. The fraction of sp³-hybridized carbons (Fsp3) is 0.195. The van der Waals surface area contributed by atoms with Gasteiger partial charge in [0.15, 0.2) is 0 Å². The summed E-state index contributed by atoms with van der Waals surface area (Å²) in [4.78, 5) is 14.0. The summed E-state index contributed by atoms with van der Waals surface area (Å²) in [6, 6.07) is 39.1. The van der Waals surface area contributed by atoms with Crippen molar-refractivity contribution < 1.29 is 24.5 Å². The van der Waals surface area contributed by atoms with Crippen molar-refractivity contribution in [2.24, 2.45) is 0 Å². The molecule has 0 spiro atoms. The van der Waals surface area contributed by atoms with Crippen LogP contribution in [0.1, 0.15) is 54.7 Å². The number of aryl methyl sites for hydroxylation is 2. The number of benzene rings is 3. The largest absolute Gasteiger partial charge is 0.486 e. The van der Waals surface area contributed by atoms with E-state index in [2.05, 4.69) is 85.7 Å². The van der Waals surface area contributed by atoms with E-state index in [-0.39, 0.29) is 20.1 Å². The van der Waals surface area contributed by atoms with Crippen molar-refractivity contribution in [2.45, 2.75) is 51.9 Å². The van der Waals surface area contributed by atoms with Crippen molar-refractivity contribution in [2.75, 3.05) is 0 Å². The van der Waals surface area contributed by atoms with Gasteiger partial charge in [0.25, 0.3) is 0 Å². The van der Waals surface area contributed by atoms with Crippen LogP contribution in [0.3, 0.4) is 0 Å². The van der Waals surface area contributed by atoms with Crippen LogP contribution in [0.25, 0.3) is 55.8 Å². The fourth-order valence-electron chi connectivity index (χ4n) is 6.48. The third-order valence-electron chi connectivity index (χ3n) is 8.80. The van der Waals surface area contributed by atoms with Crippen LogP contribution in [0, 0.1) is 26.0 Å². The Morgan fingerprint density at radius 3 is 2.20 bits per heavy atom. The zero-order chi connectivity index (χ0) is 30.6. The molecule has 0 saturated heterocycles. The minimum absolute atomic E-state index is 0. The molecule has 4 heterocycles. The maximum absolute atomic E-state index is 6.34. The molecule has 1 fully saturated rings. The van der Waals surface area contributed by atoms with Crippen molar-refractivity contribution >= 4 is 22.1 Å². The van der Waals surface area contributed by atoms with Crippen LogP contribution in [0.15, 0.2) is 114 Å². The van der Waals surface area contributed by atoms with E-state index in [1.807, 2.05) is 48.5 Å². The van der Waals surface area contributed by atoms with E-state index in [1.54, 1.807) is 6.20 Å². The Morgan fingerprint density at radius 1 is 0.674 bits per heavy atom. The molecule has 1 aliphatic carbocycles. The van der Waals surface area contributed by atoms with Crippen molar-refractivity contribution in [1.82, 2.24) is 15.0 Å². The quantitative estimate of drug-likeness (QED) is 0.167. The molecule has 3 aromatic carbocycles. The third kappa shape index (κ3) is 6.58. The first kappa shape index (κ1) is 31.5. The SMILES string of the molecule is Cc1cccc(C)c1-c1ccc2c(n1)oc1c(-c3ccc(C4CCCCC4)cn3)[c-]ccc12.[Ir].[c-]1ccccc1-c1ccccn1. The molecule has 0 aliphatic heterocycles. The van der Waals surface area contributed by atoms with E-state index in [1.165, 1.54) is 54.4 Å². The Kier molecular flexibility index (Phi) is 9.82. The van der Waals surface area contributed by atoms with Gasteiger partial charge in [-0.05, 0) is 78.9 Å². The first-order valence-corrected chi connectivity index (χ1v) is 15.8. The maximum Gasteiger partial charge on any atom is 0.216 e. The smallest absolute Gasteiger partial charge is 0.216 e. The van der Waals surface area contributed by atoms with E-state index >= 15 is 0 Å². The number of hydrogen-bond donors (Lipinski definition) is 0. The normalized spacial score (nSPS) is 13.2. The number of aromatic nitrogens is 3. The summed E-state index contributed by atoms with van der Waals surface area (Å²) in [6.07, 6.45) is 10.4. The molecule has 1 radical (unpaired) electrons. The average molecular weight is 778 g/mol. The Bertz CT molecular complexity index is 1990. The van der Waals surface area contributed by atoms with Crippen LogP contribution in [0.5, 0.6) is 0 Å². The van der Waals surface area contributed by atoms with Gasteiger partial charge in [-0.1, -0.05) is 72.7 Å². The minimum atomic E-state index is 0. The van der Waals surface area contributed by atoms with E-state index in [0.29, 0.717) is 11.6 Å². The molecule has 46 heavy (non-hydrogen) atoms. The first-order valence-electron chi connectivity index (χ1n) is 15.8. The standard InChI is InChI=1S/C30H27N2O.C11H8N.Ir/c1-19-8-6-9-20(2)28(19)27-17-15-24-23-12-7-13-25(29(23)33-30(24)32-27)26-16-14-22(18-31-26)21-10-4-3-5-11-21;1-2-6-10(7-3-1)11-8-4-5-9-12-11;/h6-9,12,14-18,21H,3-5,10-11H2,1-2H3;1-6,8-9H;/q2*-1;. The van der Waals surface area contributed by atoms with Gasteiger partial charge in [-0.15, -0.1) is 54.1 Å².